The first-order valence-corrected chi connectivity index (χ1v) is 4.02. The highest BCUT2D eigenvalue weighted by Crippen LogP contribution is 2.51. The van der Waals surface area contributed by atoms with Crippen molar-refractivity contribution in [2.75, 3.05) is 0 Å². The Kier molecular flexibility index (Phi) is 1.59. The van der Waals surface area contributed by atoms with Crippen molar-refractivity contribution in [3.05, 3.63) is 11.6 Å². The van der Waals surface area contributed by atoms with Crippen molar-refractivity contribution in [2.24, 2.45) is 10.8 Å². The van der Waals surface area contributed by atoms with Crippen molar-refractivity contribution in [3.8, 4) is 6.07 Å². The van der Waals surface area contributed by atoms with E-state index in [-0.39, 0.29) is 10.8 Å². The number of rotatable bonds is 0. The molecule has 1 rings (SSSR count). The summed E-state index contributed by atoms with van der Waals surface area (Å²) < 4.78 is 0. The van der Waals surface area contributed by atoms with E-state index in [2.05, 4.69) is 32.9 Å². The first-order chi connectivity index (χ1) is 4.94. The Labute approximate surface area is 68.7 Å². The largest absolute Gasteiger partial charge is 0.198 e. The molecule has 1 heteroatoms. The van der Waals surface area contributed by atoms with Crippen LogP contribution in [0.5, 0.6) is 0 Å². The predicted molar refractivity (Wildman–Crippen MR) is 45.9 cm³/mol. The average molecular weight is 149 g/mol. The topological polar surface area (TPSA) is 23.8 Å². The second-order valence-electron chi connectivity index (χ2n) is 4.16. The molecule has 0 aromatic heterocycles. The Balaban J connectivity index is 3.06. The van der Waals surface area contributed by atoms with Gasteiger partial charge < -0.3 is 0 Å². The molecule has 0 bridgehead atoms. The Morgan fingerprint density at radius 2 is 2.00 bits per heavy atom. The molecule has 0 saturated carbocycles. The minimum absolute atomic E-state index is 0.0573. The zero-order valence-corrected chi connectivity index (χ0v) is 7.73. The van der Waals surface area contributed by atoms with E-state index < -0.39 is 0 Å². The minimum Gasteiger partial charge on any atom is -0.198 e. The van der Waals surface area contributed by atoms with E-state index in [1.54, 1.807) is 0 Å². The van der Waals surface area contributed by atoms with Crippen molar-refractivity contribution in [1.29, 1.82) is 5.26 Å². The van der Waals surface area contributed by atoms with Crippen LogP contribution in [0.25, 0.3) is 0 Å². The molecule has 11 heavy (non-hydrogen) atoms. The molecule has 0 radical (unpaired) electrons. The van der Waals surface area contributed by atoms with Gasteiger partial charge >= 0.3 is 0 Å². The summed E-state index contributed by atoms with van der Waals surface area (Å²) in [5, 5.41) is 9.00. The van der Waals surface area contributed by atoms with Crippen LogP contribution in [0, 0.1) is 22.2 Å². The molecule has 0 aromatic carbocycles. The van der Waals surface area contributed by atoms with Crippen LogP contribution in [0.2, 0.25) is 0 Å². The molecular weight excluding hydrogens is 134 g/mol. The first kappa shape index (κ1) is 8.33. The molecule has 0 fully saturated rings. The van der Waals surface area contributed by atoms with Crippen molar-refractivity contribution in [3.63, 3.8) is 0 Å². The fourth-order valence-corrected chi connectivity index (χ4v) is 1.49. The molecule has 60 valence electrons. The summed E-state index contributed by atoms with van der Waals surface area (Å²) >= 11 is 0. The molecule has 0 spiro atoms. The van der Waals surface area contributed by atoms with Gasteiger partial charge in [-0.05, 0) is 20.3 Å². The summed E-state index contributed by atoms with van der Waals surface area (Å²) in [7, 11) is 0. The fraction of sp³-hybridized carbons (Fsp3) is 0.700. The monoisotopic (exact) mass is 149 g/mol. The fourth-order valence-electron chi connectivity index (χ4n) is 1.49. The van der Waals surface area contributed by atoms with Gasteiger partial charge in [0.1, 0.15) is 0 Å². The van der Waals surface area contributed by atoms with Gasteiger partial charge in [0.25, 0.3) is 0 Å². The molecule has 1 aliphatic carbocycles. The predicted octanol–water partition coefficient (Wildman–Crippen LogP) is 2.89. The minimum atomic E-state index is -0.183. The van der Waals surface area contributed by atoms with Crippen molar-refractivity contribution >= 4 is 0 Å². The van der Waals surface area contributed by atoms with Gasteiger partial charge in [-0.2, -0.15) is 5.26 Å². The number of allylic oxidation sites excluding steroid dienone is 2. The summed E-state index contributed by atoms with van der Waals surface area (Å²) in [6.07, 6.45) is 3.09. The molecule has 0 N–H and O–H groups in total. The summed E-state index contributed by atoms with van der Waals surface area (Å²) in [5.74, 6) is 0. The van der Waals surface area contributed by atoms with Crippen LogP contribution >= 0.6 is 0 Å². The molecule has 1 atom stereocenters. The van der Waals surface area contributed by atoms with E-state index in [4.69, 9.17) is 5.26 Å². The van der Waals surface area contributed by atoms with Gasteiger partial charge in [-0.25, -0.2) is 0 Å². The SMILES string of the molecule is CC1=CCC(C)(C#N)C1(C)C. The van der Waals surface area contributed by atoms with Gasteiger partial charge in [0.2, 0.25) is 0 Å². The third kappa shape index (κ3) is 0.894. The van der Waals surface area contributed by atoms with Gasteiger partial charge in [0.15, 0.2) is 0 Å². The molecule has 1 unspecified atom stereocenters. The molecule has 0 saturated heterocycles. The van der Waals surface area contributed by atoms with Crippen LogP contribution < -0.4 is 0 Å². The molecule has 1 aliphatic rings. The summed E-state index contributed by atoms with van der Waals surface area (Å²) in [5.41, 5.74) is 1.22. The van der Waals surface area contributed by atoms with Crippen molar-refractivity contribution in [2.45, 2.75) is 34.1 Å². The second-order valence-corrected chi connectivity index (χ2v) is 4.16. The Hall–Kier alpha value is -0.770. The van der Waals surface area contributed by atoms with Gasteiger partial charge in [-0.15, -0.1) is 0 Å². The standard InChI is InChI=1S/C10H15N/c1-8-5-6-10(4,7-11)9(8,2)3/h5H,6H2,1-4H3. The third-order valence-corrected chi connectivity index (χ3v) is 3.43. The molecule has 1 nitrogen and oxygen atoms in total. The van der Waals surface area contributed by atoms with Gasteiger partial charge in [-0.3, -0.25) is 0 Å². The van der Waals surface area contributed by atoms with Crippen LogP contribution in [0.15, 0.2) is 11.6 Å². The normalized spacial score (nSPS) is 34.6. The van der Waals surface area contributed by atoms with Crippen LogP contribution in [0.4, 0.5) is 0 Å². The molecular formula is C10H15N. The highest BCUT2D eigenvalue weighted by atomic mass is 14.5. The Morgan fingerprint density at radius 1 is 1.45 bits per heavy atom. The second kappa shape index (κ2) is 2.11. The van der Waals surface area contributed by atoms with Gasteiger partial charge in [0.05, 0.1) is 11.5 Å². The maximum atomic E-state index is 9.00. The van der Waals surface area contributed by atoms with Crippen LogP contribution in [-0.2, 0) is 0 Å². The summed E-state index contributed by atoms with van der Waals surface area (Å²) in [6.45, 7) is 8.45. The molecule has 0 amide bonds. The number of nitrogens with zero attached hydrogens (tertiary/aromatic N) is 1. The molecule has 0 heterocycles. The average Bonchev–Trinajstić information content (AvgIpc) is 2.15. The van der Waals surface area contributed by atoms with E-state index in [0.29, 0.717) is 0 Å². The summed E-state index contributed by atoms with van der Waals surface area (Å²) in [6, 6.07) is 2.41. The smallest absolute Gasteiger partial charge is 0.0699 e. The van der Waals surface area contributed by atoms with Crippen molar-refractivity contribution < 1.29 is 0 Å². The van der Waals surface area contributed by atoms with E-state index in [1.807, 2.05) is 6.92 Å². The Morgan fingerprint density at radius 3 is 2.18 bits per heavy atom. The zero-order chi connectivity index (χ0) is 8.70. The van der Waals surface area contributed by atoms with Gasteiger partial charge in [-0.1, -0.05) is 25.5 Å². The first-order valence-electron chi connectivity index (χ1n) is 4.02. The summed E-state index contributed by atoms with van der Waals surface area (Å²) in [4.78, 5) is 0. The quantitative estimate of drug-likeness (QED) is 0.486. The van der Waals surface area contributed by atoms with Crippen LogP contribution in [0.3, 0.4) is 0 Å². The zero-order valence-electron chi connectivity index (χ0n) is 7.73. The lowest BCUT2D eigenvalue weighted by Gasteiger charge is -2.33. The van der Waals surface area contributed by atoms with Crippen LogP contribution in [-0.4, -0.2) is 0 Å². The lowest BCUT2D eigenvalue weighted by Crippen LogP contribution is -2.30. The maximum Gasteiger partial charge on any atom is 0.0699 e. The number of hydrogen-bond donors (Lipinski definition) is 0. The molecule has 0 aliphatic heterocycles. The third-order valence-electron chi connectivity index (χ3n) is 3.43. The Bertz CT molecular complexity index is 242. The van der Waals surface area contributed by atoms with E-state index in [1.165, 1.54) is 5.57 Å². The highest BCUT2D eigenvalue weighted by Gasteiger charge is 2.45. The van der Waals surface area contributed by atoms with Gasteiger partial charge in [0, 0.05) is 5.41 Å². The van der Waals surface area contributed by atoms with E-state index in [0.717, 1.165) is 6.42 Å². The maximum absolute atomic E-state index is 9.00. The van der Waals surface area contributed by atoms with E-state index in [9.17, 15) is 0 Å². The van der Waals surface area contributed by atoms with Crippen LogP contribution in [0.1, 0.15) is 34.1 Å². The molecule has 0 aromatic rings. The van der Waals surface area contributed by atoms with E-state index >= 15 is 0 Å². The lowest BCUT2D eigenvalue weighted by atomic mass is 9.67. The lowest BCUT2D eigenvalue weighted by molar-refractivity contribution is 0.228. The number of nitriles is 1. The number of hydrogen-bond acceptors (Lipinski definition) is 1. The van der Waals surface area contributed by atoms with Crippen molar-refractivity contribution in [1.82, 2.24) is 0 Å². The highest BCUT2D eigenvalue weighted by molar-refractivity contribution is 5.27.